The zero-order valence-electron chi connectivity index (χ0n) is 10.3. The van der Waals surface area contributed by atoms with Gasteiger partial charge in [-0.25, -0.2) is 0 Å². The molecular weight excluding hydrogens is 198 g/mol. The van der Waals surface area contributed by atoms with E-state index in [1.807, 2.05) is 11.0 Å². The molecule has 1 heterocycles. The van der Waals surface area contributed by atoms with Crippen LogP contribution < -0.4 is 0 Å². The third kappa shape index (κ3) is 2.37. The largest absolute Gasteiger partial charge is 0.339 e. The van der Waals surface area contributed by atoms with Gasteiger partial charge in [0.1, 0.15) is 0 Å². The highest BCUT2D eigenvalue weighted by Crippen LogP contribution is 2.25. The van der Waals surface area contributed by atoms with Gasteiger partial charge in [-0.15, -0.1) is 0 Å². The van der Waals surface area contributed by atoms with Gasteiger partial charge in [-0.2, -0.15) is 0 Å². The van der Waals surface area contributed by atoms with E-state index < -0.39 is 0 Å². The Hall–Kier alpha value is -1.05. The van der Waals surface area contributed by atoms with Gasteiger partial charge >= 0.3 is 0 Å². The molecule has 1 amide bonds. The minimum atomic E-state index is 0.275. The molecule has 2 rings (SSSR count). The zero-order chi connectivity index (χ0) is 11.5. The maximum Gasteiger partial charge on any atom is 0.249 e. The molecule has 0 atom stereocenters. The Bertz CT molecular complexity index is 333. The number of amides is 1. The number of nitrogens with zero attached hydrogens (tertiary/aromatic N) is 1. The van der Waals surface area contributed by atoms with Gasteiger partial charge in [0.2, 0.25) is 5.91 Å². The van der Waals surface area contributed by atoms with Crippen LogP contribution in [-0.4, -0.2) is 23.9 Å². The van der Waals surface area contributed by atoms with Gasteiger partial charge in [0.25, 0.3) is 0 Å². The molecule has 0 N–H and O–H groups in total. The van der Waals surface area contributed by atoms with Crippen LogP contribution >= 0.6 is 0 Å². The normalized spacial score (nSPS) is 21.1. The number of hydrogen-bond acceptors (Lipinski definition) is 1. The lowest BCUT2D eigenvalue weighted by Gasteiger charge is -2.21. The van der Waals surface area contributed by atoms with Crippen LogP contribution in [0.15, 0.2) is 23.3 Å². The highest BCUT2D eigenvalue weighted by molar-refractivity contribution is 5.94. The molecular formula is C14H21NO. The maximum absolute atomic E-state index is 12.1. The van der Waals surface area contributed by atoms with Crippen LogP contribution in [0.3, 0.4) is 0 Å². The second-order valence-electron chi connectivity index (χ2n) is 5.09. The second-order valence-corrected chi connectivity index (χ2v) is 5.09. The van der Waals surface area contributed by atoms with Crippen LogP contribution in [0.5, 0.6) is 0 Å². The smallest absolute Gasteiger partial charge is 0.249 e. The van der Waals surface area contributed by atoms with Crippen LogP contribution in [0.2, 0.25) is 0 Å². The van der Waals surface area contributed by atoms with E-state index in [2.05, 4.69) is 19.9 Å². The number of carbonyl (C=O) groups excluding carboxylic acids is 1. The molecule has 0 spiro atoms. The van der Waals surface area contributed by atoms with E-state index in [-0.39, 0.29) is 5.91 Å². The molecule has 0 aromatic heterocycles. The van der Waals surface area contributed by atoms with Crippen LogP contribution in [-0.2, 0) is 4.79 Å². The van der Waals surface area contributed by atoms with Crippen LogP contribution in [0.25, 0.3) is 0 Å². The van der Waals surface area contributed by atoms with E-state index in [9.17, 15) is 4.79 Å². The van der Waals surface area contributed by atoms with Crippen molar-refractivity contribution in [1.82, 2.24) is 4.90 Å². The van der Waals surface area contributed by atoms with E-state index in [1.54, 1.807) is 0 Å². The molecule has 16 heavy (non-hydrogen) atoms. The third-order valence-corrected chi connectivity index (χ3v) is 3.59. The molecule has 1 fully saturated rings. The molecule has 1 saturated heterocycles. The summed E-state index contributed by atoms with van der Waals surface area (Å²) in [4.78, 5) is 14.1. The van der Waals surface area contributed by atoms with Crippen LogP contribution in [0.1, 0.15) is 39.5 Å². The van der Waals surface area contributed by atoms with E-state index in [0.717, 1.165) is 31.5 Å². The standard InChI is InChI=1S/C14H21NO/c1-11(2)12-5-7-13(8-6-12)14(16)15-9-3-4-10-15/h5,7,11H,3-4,6,8-10H2,1-2H3. The molecule has 1 aliphatic heterocycles. The number of allylic oxidation sites excluding steroid dienone is 3. The monoisotopic (exact) mass is 219 g/mol. The van der Waals surface area contributed by atoms with E-state index in [0.29, 0.717) is 5.92 Å². The molecule has 0 bridgehead atoms. The van der Waals surface area contributed by atoms with Crippen molar-refractivity contribution in [2.75, 3.05) is 13.1 Å². The molecule has 0 unspecified atom stereocenters. The first-order valence-electron chi connectivity index (χ1n) is 6.37. The molecule has 0 aromatic rings. The van der Waals surface area contributed by atoms with Crippen molar-refractivity contribution in [3.05, 3.63) is 23.3 Å². The Morgan fingerprint density at radius 2 is 1.88 bits per heavy atom. The van der Waals surface area contributed by atoms with Crippen molar-refractivity contribution in [2.24, 2.45) is 5.92 Å². The summed E-state index contributed by atoms with van der Waals surface area (Å²) in [5.74, 6) is 0.885. The van der Waals surface area contributed by atoms with Crippen molar-refractivity contribution >= 4 is 5.91 Å². The fraction of sp³-hybridized carbons (Fsp3) is 0.643. The Labute approximate surface area is 98.0 Å². The SMILES string of the molecule is CC(C)C1=CC=C(C(=O)N2CCCC2)CC1. The Balaban J connectivity index is 2.03. The molecule has 0 radical (unpaired) electrons. The lowest BCUT2D eigenvalue weighted by molar-refractivity contribution is -0.126. The molecule has 1 aliphatic carbocycles. The average Bonchev–Trinajstić information content (AvgIpc) is 2.81. The predicted octanol–water partition coefficient (Wildman–Crippen LogP) is 2.91. The number of likely N-dealkylation sites (tertiary alicyclic amines) is 1. The van der Waals surface area contributed by atoms with Gasteiger partial charge in [0.15, 0.2) is 0 Å². The van der Waals surface area contributed by atoms with Crippen molar-refractivity contribution in [3.63, 3.8) is 0 Å². The van der Waals surface area contributed by atoms with Gasteiger partial charge in [-0.05, 0) is 31.6 Å². The Kier molecular flexibility index (Phi) is 3.47. The molecule has 88 valence electrons. The molecule has 2 heteroatoms. The summed E-state index contributed by atoms with van der Waals surface area (Å²) < 4.78 is 0. The summed E-state index contributed by atoms with van der Waals surface area (Å²) in [7, 11) is 0. The average molecular weight is 219 g/mol. The van der Waals surface area contributed by atoms with Crippen LogP contribution in [0, 0.1) is 5.92 Å². The summed E-state index contributed by atoms with van der Waals surface area (Å²) in [5, 5.41) is 0. The highest BCUT2D eigenvalue weighted by atomic mass is 16.2. The number of rotatable bonds is 2. The maximum atomic E-state index is 12.1. The van der Waals surface area contributed by atoms with Crippen molar-refractivity contribution in [2.45, 2.75) is 39.5 Å². The van der Waals surface area contributed by atoms with Gasteiger partial charge in [0.05, 0.1) is 0 Å². The number of carbonyl (C=O) groups is 1. The van der Waals surface area contributed by atoms with E-state index in [1.165, 1.54) is 18.4 Å². The lowest BCUT2D eigenvalue weighted by atomic mass is 9.91. The first kappa shape index (κ1) is 11.4. The lowest BCUT2D eigenvalue weighted by Crippen LogP contribution is -2.29. The quantitative estimate of drug-likeness (QED) is 0.699. The Morgan fingerprint density at radius 1 is 1.19 bits per heavy atom. The molecule has 0 saturated carbocycles. The van der Waals surface area contributed by atoms with Crippen molar-refractivity contribution in [1.29, 1.82) is 0 Å². The fourth-order valence-electron chi connectivity index (χ4n) is 2.44. The minimum absolute atomic E-state index is 0.275. The minimum Gasteiger partial charge on any atom is -0.339 e. The van der Waals surface area contributed by atoms with Crippen molar-refractivity contribution in [3.8, 4) is 0 Å². The Morgan fingerprint density at radius 3 is 2.38 bits per heavy atom. The second kappa shape index (κ2) is 4.86. The summed E-state index contributed by atoms with van der Waals surface area (Å²) in [6.07, 6.45) is 8.53. The summed E-state index contributed by atoms with van der Waals surface area (Å²) in [5.41, 5.74) is 2.48. The predicted molar refractivity (Wildman–Crippen MR) is 66.1 cm³/mol. The van der Waals surface area contributed by atoms with Gasteiger partial charge in [0, 0.05) is 18.7 Å². The van der Waals surface area contributed by atoms with Gasteiger partial charge in [-0.3, -0.25) is 4.79 Å². The number of hydrogen-bond donors (Lipinski definition) is 0. The molecule has 2 aliphatic rings. The summed E-state index contributed by atoms with van der Waals surface area (Å²) in [6, 6.07) is 0. The first-order valence-corrected chi connectivity index (χ1v) is 6.37. The van der Waals surface area contributed by atoms with Crippen LogP contribution in [0.4, 0.5) is 0 Å². The van der Waals surface area contributed by atoms with E-state index >= 15 is 0 Å². The van der Waals surface area contributed by atoms with Gasteiger partial charge in [-0.1, -0.05) is 31.6 Å². The summed E-state index contributed by atoms with van der Waals surface area (Å²) in [6.45, 7) is 6.34. The van der Waals surface area contributed by atoms with E-state index in [4.69, 9.17) is 0 Å². The van der Waals surface area contributed by atoms with Gasteiger partial charge < -0.3 is 4.90 Å². The highest BCUT2D eigenvalue weighted by Gasteiger charge is 2.22. The first-order chi connectivity index (χ1) is 7.68. The summed E-state index contributed by atoms with van der Waals surface area (Å²) >= 11 is 0. The molecule has 2 nitrogen and oxygen atoms in total. The third-order valence-electron chi connectivity index (χ3n) is 3.59. The topological polar surface area (TPSA) is 20.3 Å². The zero-order valence-corrected chi connectivity index (χ0v) is 10.3. The molecule has 0 aromatic carbocycles. The van der Waals surface area contributed by atoms with Crippen molar-refractivity contribution < 1.29 is 4.79 Å². The fourth-order valence-corrected chi connectivity index (χ4v) is 2.44.